The second-order valence-corrected chi connectivity index (χ2v) is 6.50. The fourth-order valence-corrected chi connectivity index (χ4v) is 3.63. The summed E-state index contributed by atoms with van der Waals surface area (Å²) in [5, 5.41) is 6.42. The molecule has 116 valence electrons. The lowest BCUT2D eigenvalue weighted by molar-refractivity contribution is -0.118. The van der Waals surface area contributed by atoms with Crippen LogP contribution in [0.3, 0.4) is 0 Å². The molecule has 1 atom stereocenters. The van der Waals surface area contributed by atoms with Gasteiger partial charge in [-0.1, -0.05) is 6.92 Å². The lowest BCUT2D eigenvalue weighted by Gasteiger charge is -2.23. The van der Waals surface area contributed by atoms with Gasteiger partial charge in [0.2, 0.25) is 5.91 Å². The van der Waals surface area contributed by atoms with Crippen LogP contribution < -0.4 is 10.6 Å². The van der Waals surface area contributed by atoms with Crippen molar-refractivity contribution in [3.63, 3.8) is 0 Å². The first-order chi connectivity index (χ1) is 10.7. The minimum absolute atomic E-state index is 0.153. The second-order valence-electron chi connectivity index (χ2n) is 6.50. The molecule has 5 heteroatoms. The number of carbonyl (C=O) groups excluding carboxylic acids is 1. The van der Waals surface area contributed by atoms with Crippen molar-refractivity contribution < 1.29 is 9.21 Å². The molecular weight excluding hydrogens is 278 g/mol. The predicted octanol–water partition coefficient (Wildman–Crippen LogP) is 2.72. The molecule has 1 amide bonds. The van der Waals surface area contributed by atoms with Crippen LogP contribution in [0.2, 0.25) is 0 Å². The Morgan fingerprint density at radius 1 is 1.45 bits per heavy atom. The Hall–Kier alpha value is -1.88. The highest BCUT2D eigenvalue weighted by Gasteiger charge is 2.57. The molecular formula is C17H21N3O2. The van der Waals surface area contributed by atoms with Crippen molar-refractivity contribution in [3.05, 3.63) is 24.1 Å². The van der Waals surface area contributed by atoms with Crippen molar-refractivity contribution in [1.82, 2.24) is 10.3 Å². The highest BCUT2D eigenvalue weighted by Crippen LogP contribution is 2.58. The van der Waals surface area contributed by atoms with E-state index in [0.29, 0.717) is 0 Å². The lowest BCUT2D eigenvalue weighted by Crippen LogP contribution is -2.31. The molecule has 1 aromatic carbocycles. The molecule has 2 heterocycles. The number of nitrogens with one attached hydrogen (secondary N) is 2. The summed E-state index contributed by atoms with van der Waals surface area (Å²) in [5.74, 6) is 1.06. The molecule has 2 aliphatic rings. The third-order valence-corrected chi connectivity index (χ3v) is 5.11. The van der Waals surface area contributed by atoms with Gasteiger partial charge in [-0.3, -0.25) is 4.79 Å². The zero-order valence-electron chi connectivity index (χ0n) is 12.8. The molecule has 0 radical (unpaired) electrons. The summed E-state index contributed by atoms with van der Waals surface area (Å²) < 4.78 is 5.60. The van der Waals surface area contributed by atoms with Gasteiger partial charge in [0, 0.05) is 18.0 Å². The minimum atomic E-state index is 0.153. The Morgan fingerprint density at radius 2 is 2.27 bits per heavy atom. The summed E-state index contributed by atoms with van der Waals surface area (Å²) in [5.41, 5.74) is 2.66. The summed E-state index contributed by atoms with van der Waals surface area (Å²) >= 11 is 0. The maximum Gasteiger partial charge on any atom is 0.228 e. The fraction of sp³-hybridized carbons (Fsp3) is 0.529. The standard InChI is InChI=1S/C17H21N3O2/c1-2-15-20-13-9-11(3-4-14(13)22-15)19-16(21)12-10-17(12)5-7-18-8-6-17/h3-4,9,12,18H,2,5-8,10H2,1H3,(H,19,21). The SMILES string of the molecule is CCc1nc2cc(NC(=O)C3CC34CCNCC4)ccc2o1. The van der Waals surface area contributed by atoms with Crippen molar-refractivity contribution in [2.24, 2.45) is 11.3 Å². The van der Waals surface area contributed by atoms with E-state index in [-0.39, 0.29) is 17.2 Å². The van der Waals surface area contributed by atoms with Gasteiger partial charge in [-0.25, -0.2) is 4.98 Å². The van der Waals surface area contributed by atoms with Gasteiger partial charge >= 0.3 is 0 Å². The zero-order valence-corrected chi connectivity index (χ0v) is 12.8. The van der Waals surface area contributed by atoms with Crippen molar-refractivity contribution in [3.8, 4) is 0 Å². The molecule has 22 heavy (non-hydrogen) atoms. The Balaban J connectivity index is 1.48. The van der Waals surface area contributed by atoms with E-state index in [9.17, 15) is 4.79 Å². The maximum atomic E-state index is 12.5. The number of hydrogen-bond donors (Lipinski definition) is 2. The summed E-state index contributed by atoms with van der Waals surface area (Å²) in [6.07, 6.45) is 4.04. The van der Waals surface area contributed by atoms with Gasteiger partial charge in [0.05, 0.1) is 0 Å². The monoisotopic (exact) mass is 299 g/mol. The van der Waals surface area contributed by atoms with Crippen LogP contribution >= 0.6 is 0 Å². The number of aryl methyl sites for hydroxylation is 1. The predicted molar refractivity (Wildman–Crippen MR) is 84.7 cm³/mol. The number of hydrogen-bond acceptors (Lipinski definition) is 4. The van der Waals surface area contributed by atoms with Crippen molar-refractivity contribution in [1.29, 1.82) is 0 Å². The van der Waals surface area contributed by atoms with Gasteiger partial charge in [-0.2, -0.15) is 0 Å². The normalized spacial score (nSPS) is 22.9. The Kier molecular flexibility index (Phi) is 3.18. The molecule has 1 aliphatic heterocycles. The molecule has 5 nitrogen and oxygen atoms in total. The number of oxazole rings is 1. The first kappa shape index (κ1) is 13.8. The van der Waals surface area contributed by atoms with Gasteiger partial charge in [0.25, 0.3) is 0 Å². The van der Waals surface area contributed by atoms with Crippen LogP contribution in [0.5, 0.6) is 0 Å². The molecule has 1 saturated heterocycles. The highest BCUT2D eigenvalue weighted by atomic mass is 16.3. The lowest BCUT2D eigenvalue weighted by atomic mass is 9.92. The molecule has 1 saturated carbocycles. The van der Waals surface area contributed by atoms with Gasteiger partial charge in [0.1, 0.15) is 5.52 Å². The van der Waals surface area contributed by atoms with Crippen LogP contribution in [0, 0.1) is 11.3 Å². The van der Waals surface area contributed by atoms with Crippen LogP contribution in [0.25, 0.3) is 11.1 Å². The number of carbonyl (C=O) groups is 1. The number of fused-ring (bicyclic) bond motifs is 1. The number of benzene rings is 1. The van der Waals surface area contributed by atoms with Gasteiger partial charge in [-0.15, -0.1) is 0 Å². The van der Waals surface area contributed by atoms with Gasteiger partial charge in [-0.05, 0) is 56.0 Å². The van der Waals surface area contributed by atoms with E-state index in [4.69, 9.17) is 4.42 Å². The first-order valence-electron chi connectivity index (χ1n) is 8.11. The second kappa shape index (κ2) is 5.09. The third-order valence-electron chi connectivity index (χ3n) is 5.11. The average Bonchev–Trinajstić information content (AvgIpc) is 3.06. The summed E-state index contributed by atoms with van der Waals surface area (Å²) in [6.45, 7) is 4.09. The van der Waals surface area contributed by atoms with E-state index in [0.717, 1.165) is 61.5 Å². The van der Waals surface area contributed by atoms with Crippen molar-refractivity contribution in [2.75, 3.05) is 18.4 Å². The zero-order chi connectivity index (χ0) is 15.2. The largest absolute Gasteiger partial charge is 0.441 e. The molecule has 2 aromatic rings. The average molecular weight is 299 g/mol. The van der Waals surface area contributed by atoms with Gasteiger partial charge in [0.15, 0.2) is 11.5 Å². The Morgan fingerprint density at radius 3 is 3.05 bits per heavy atom. The van der Waals surface area contributed by atoms with Crippen LogP contribution in [0.1, 0.15) is 32.1 Å². The maximum absolute atomic E-state index is 12.5. The Bertz CT molecular complexity index is 716. The fourth-order valence-electron chi connectivity index (χ4n) is 3.63. The summed E-state index contributed by atoms with van der Waals surface area (Å²) in [6, 6.07) is 5.67. The molecule has 1 aromatic heterocycles. The molecule has 2 N–H and O–H groups in total. The van der Waals surface area contributed by atoms with Gasteiger partial charge < -0.3 is 15.1 Å². The number of amides is 1. The summed E-state index contributed by atoms with van der Waals surface area (Å²) in [7, 11) is 0. The molecule has 1 unspecified atom stereocenters. The van der Waals surface area contributed by atoms with Crippen LogP contribution in [-0.2, 0) is 11.2 Å². The van der Waals surface area contributed by atoms with Crippen LogP contribution in [0.15, 0.2) is 22.6 Å². The van der Waals surface area contributed by atoms with E-state index < -0.39 is 0 Å². The van der Waals surface area contributed by atoms with E-state index in [1.807, 2.05) is 25.1 Å². The first-order valence-corrected chi connectivity index (χ1v) is 8.11. The number of piperidine rings is 1. The minimum Gasteiger partial charge on any atom is -0.441 e. The van der Waals surface area contributed by atoms with Crippen LogP contribution in [0.4, 0.5) is 5.69 Å². The summed E-state index contributed by atoms with van der Waals surface area (Å²) in [4.78, 5) is 16.9. The smallest absolute Gasteiger partial charge is 0.228 e. The molecule has 0 bridgehead atoms. The van der Waals surface area contributed by atoms with Crippen molar-refractivity contribution in [2.45, 2.75) is 32.6 Å². The molecule has 1 aliphatic carbocycles. The van der Waals surface area contributed by atoms with E-state index in [1.165, 1.54) is 0 Å². The van der Waals surface area contributed by atoms with Crippen LogP contribution in [-0.4, -0.2) is 24.0 Å². The molecule has 4 rings (SSSR count). The third kappa shape index (κ3) is 2.29. The van der Waals surface area contributed by atoms with E-state index >= 15 is 0 Å². The van der Waals surface area contributed by atoms with Crippen molar-refractivity contribution >= 4 is 22.7 Å². The topological polar surface area (TPSA) is 67.2 Å². The molecule has 2 fully saturated rings. The highest BCUT2D eigenvalue weighted by molar-refractivity contribution is 5.96. The van der Waals surface area contributed by atoms with E-state index in [2.05, 4.69) is 15.6 Å². The van der Waals surface area contributed by atoms with E-state index in [1.54, 1.807) is 0 Å². The number of nitrogens with zero attached hydrogens (tertiary/aromatic N) is 1. The number of aromatic nitrogens is 1. The molecule has 1 spiro atoms. The number of rotatable bonds is 3. The number of anilines is 1. The quantitative estimate of drug-likeness (QED) is 0.914. The Labute approximate surface area is 129 Å².